The Morgan fingerprint density at radius 1 is 1.00 bits per heavy atom. The first kappa shape index (κ1) is 19.2. The zero-order valence-electron chi connectivity index (χ0n) is 16.0. The minimum absolute atomic E-state index is 0.0921. The number of hydrogen-bond acceptors (Lipinski definition) is 4. The third kappa shape index (κ3) is 4.46. The summed E-state index contributed by atoms with van der Waals surface area (Å²) in [4.78, 5) is 4.52. The fourth-order valence-corrected chi connectivity index (χ4v) is 4.04. The van der Waals surface area contributed by atoms with Crippen molar-refractivity contribution in [3.05, 3.63) is 101 Å². The summed E-state index contributed by atoms with van der Waals surface area (Å²) in [5.74, 6) is 0.687. The van der Waals surface area contributed by atoms with Gasteiger partial charge in [-0.2, -0.15) is 0 Å². The van der Waals surface area contributed by atoms with Gasteiger partial charge in [0.2, 0.25) is 0 Å². The van der Waals surface area contributed by atoms with Crippen LogP contribution in [-0.4, -0.2) is 12.1 Å². The van der Waals surface area contributed by atoms with E-state index < -0.39 is 0 Å². The van der Waals surface area contributed by atoms with Crippen molar-refractivity contribution in [3.63, 3.8) is 0 Å². The molecular weight excluding hydrogens is 383 g/mol. The first-order chi connectivity index (χ1) is 14.1. The van der Waals surface area contributed by atoms with Crippen molar-refractivity contribution in [1.82, 2.24) is 4.98 Å². The first-order valence-corrected chi connectivity index (χ1v) is 10.2. The zero-order valence-corrected chi connectivity index (χ0v) is 16.8. The van der Waals surface area contributed by atoms with Crippen LogP contribution in [0.5, 0.6) is 5.75 Å². The number of anilines is 1. The minimum atomic E-state index is -0.229. The molecule has 4 aromatic rings. The highest BCUT2D eigenvalue weighted by molar-refractivity contribution is 7.13. The van der Waals surface area contributed by atoms with Gasteiger partial charge in [0, 0.05) is 11.3 Å². The van der Waals surface area contributed by atoms with Gasteiger partial charge < -0.3 is 10.5 Å². The van der Waals surface area contributed by atoms with Crippen molar-refractivity contribution in [2.45, 2.75) is 12.3 Å². The molecule has 4 rings (SSSR count). The SMILES string of the molecule is COc1ccc([C@H](Cc2ccc(-c3cccc(F)c3)cc2)c2csc(N)n2)cc1. The Morgan fingerprint density at radius 2 is 1.76 bits per heavy atom. The van der Waals surface area contributed by atoms with E-state index in [1.54, 1.807) is 19.2 Å². The van der Waals surface area contributed by atoms with Crippen molar-refractivity contribution >= 4 is 16.5 Å². The predicted octanol–water partition coefficient (Wildman–Crippen LogP) is 5.91. The number of benzene rings is 3. The maximum atomic E-state index is 13.5. The molecule has 1 heterocycles. The van der Waals surface area contributed by atoms with Crippen LogP contribution in [0.4, 0.5) is 9.52 Å². The largest absolute Gasteiger partial charge is 0.497 e. The summed E-state index contributed by atoms with van der Waals surface area (Å²) in [6.45, 7) is 0. The standard InChI is InChI=1S/C24H21FN2OS/c1-28-21-11-9-18(10-12-21)22(23-15-29-24(26)27-23)13-16-5-7-17(8-6-16)19-3-2-4-20(25)14-19/h2-12,14-15,22H,13H2,1H3,(H2,26,27)/t22-/m0/s1. The van der Waals surface area contributed by atoms with Gasteiger partial charge >= 0.3 is 0 Å². The van der Waals surface area contributed by atoms with E-state index in [1.807, 2.05) is 35.7 Å². The summed E-state index contributed by atoms with van der Waals surface area (Å²) in [6.07, 6.45) is 0.791. The topological polar surface area (TPSA) is 48.1 Å². The number of methoxy groups -OCH3 is 1. The molecule has 0 aliphatic rings. The van der Waals surface area contributed by atoms with Crippen LogP contribution in [0.1, 0.15) is 22.7 Å². The number of thiazole rings is 1. The second kappa shape index (κ2) is 8.45. The van der Waals surface area contributed by atoms with Crippen molar-refractivity contribution in [2.75, 3.05) is 12.8 Å². The number of nitrogens with zero attached hydrogens (tertiary/aromatic N) is 1. The van der Waals surface area contributed by atoms with Crippen molar-refractivity contribution in [3.8, 4) is 16.9 Å². The van der Waals surface area contributed by atoms with E-state index in [2.05, 4.69) is 29.2 Å². The molecule has 3 nitrogen and oxygen atoms in total. The van der Waals surface area contributed by atoms with Gasteiger partial charge in [0.05, 0.1) is 12.8 Å². The van der Waals surface area contributed by atoms with Crippen LogP contribution < -0.4 is 10.5 Å². The molecule has 0 amide bonds. The van der Waals surface area contributed by atoms with Gasteiger partial charge in [0.25, 0.3) is 0 Å². The number of rotatable bonds is 6. The highest BCUT2D eigenvalue weighted by atomic mass is 32.1. The molecule has 1 atom stereocenters. The highest BCUT2D eigenvalue weighted by Gasteiger charge is 2.18. The Morgan fingerprint density at radius 3 is 2.38 bits per heavy atom. The van der Waals surface area contributed by atoms with E-state index in [4.69, 9.17) is 10.5 Å². The normalized spacial score (nSPS) is 11.9. The van der Waals surface area contributed by atoms with Crippen LogP contribution in [0.2, 0.25) is 0 Å². The van der Waals surface area contributed by atoms with Gasteiger partial charge in [-0.25, -0.2) is 9.37 Å². The lowest BCUT2D eigenvalue weighted by Gasteiger charge is -2.16. The molecule has 146 valence electrons. The van der Waals surface area contributed by atoms with Gasteiger partial charge in [-0.1, -0.05) is 48.5 Å². The lowest BCUT2D eigenvalue weighted by atomic mass is 9.89. The number of aromatic nitrogens is 1. The summed E-state index contributed by atoms with van der Waals surface area (Å²) in [5, 5.41) is 2.59. The third-order valence-corrected chi connectivity index (χ3v) is 5.66. The summed E-state index contributed by atoms with van der Waals surface area (Å²) in [6, 6.07) is 23.0. The van der Waals surface area contributed by atoms with Crippen molar-refractivity contribution in [2.24, 2.45) is 0 Å². The third-order valence-electron chi connectivity index (χ3n) is 4.97. The molecule has 0 saturated carbocycles. The highest BCUT2D eigenvalue weighted by Crippen LogP contribution is 2.32. The summed E-state index contributed by atoms with van der Waals surface area (Å²) in [5.41, 5.74) is 11.1. The molecule has 0 aliphatic heterocycles. The van der Waals surface area contributed by atoms with Gasteiger partial charge in [0.1, 0.15) is 11.6 Å². The van der Waals surface area contributed by atoms with Gasteiger partial charge in [-0.3, -0.25) is 0 Å². The molecule has 5 heteroatoms. The Kier molecular flexibility index (Phi) is 5.58. The fourth-order valence-electron chi connectivity index (χ4n) is 3.43. The van der Waals surface area contributed by atoms with E-state index in [1.165, 1.54) is 23.0 Å². The van der Waals surface area contributed by atoms with Gasteiger partial charge in [-0.15, -0.1) is 11.3 Å². The number of nitrogens with two attached hydrogens (primary N) is 1. The lowest BCUT2D eigenvalue weighted by molar-refractivity contribution is 0.414. The molecule has 0 bridgehead atoms. The maximum absolute atomic E-state index is 13.5. The van der Waals surface area contributed by atoms with Crippen LogP contribution in [-0.2, 0) is 6.42 Å². The molecule has 0 fully saturated rings. The van der Waals surface area contributed by atoms with Crippen LogP contribution in [0.15, 0.2) is 78.2 Å². The zero-order chi connectivity index (χ0) is 20.2. The van der Waals surface area contributed by atoms with Gasteiger partial charge in [0.15, 0.2) is 5.13 Å². The molecule has 3 aromatic carbocycles. The molecule has 29 heavy (non-hydrogen) atoms. The summed E-state index contributed by atoms with van der Waals surface area (Å²) < 4.78 is 18.8. The maximum Gasteiger partial charge on any atom is 0.180 e. The Balaban J connectivity index is 1.62. The Hall–Kier alpha value is -3.18. The average molecular weight is 405 g/mol. The van der Waals surface area contributed by atoms with Crippen molar-refractivity contribution in [1.29, 1.82) is 0 Å². The molecule has 0 saturated heterocycles. The van der Waals surface area contributed by atoms with Crippen LogP contribution >= 0.6 is 11.3 Å². The van der Waals surface area contributed by atoms with Crippen LogP contribution in [0, 0.1) is 5.82 Å². The van der Waals surface area contributed by atoms with E-state index in [9.17, 15) is 4.39 Å². The summed E-state index contributed by atoms with van der Waals surface area (Å²) in [7, 11) is 1.66. The van der Waals surface area contributed by atoms with Crippen LogP contribution in [0.25, 0.3) is 11.1 Å². The number of hydrogen-bond donors (Lipinski definition) is 1. The van der Waals surface area contributed by atoms with Crippen molar-refractivity contribution < 1.29 is 9.13 Å². The number of ether oxygens (including phenoxy) is 1. The smallest absolute Gasteiger partial charge is 0.180 e. The van der Waals surface area contributed by atoms with E-state index in [0.717, 1.165) is 34.6 Å². The quantitative estimate of drug-likeness (QED) is 0.434. The Bertz CT molecular complexity index is 1090. The molecule has 0 radical (unpaired) electrons. The number of nitrogen functional groups attached to an aromatic ring is 1. The fraction of sp³-hybridized carbons (Fsp3) is 0.125. The molecule has 0 unspecified atom stereocenters. The first-order valence-electron chi connectivity index (χ1n) is 9.32. The molecule has 1 aromatic heterocycles. The molecular formula is C24H21FN2OS. The van der Waals surface area contributed by atoms with Gasteiger partial charge in [-0.05, 0) is 52.9 Å². The Labute approximate surface area is 173 Å². The second-order valence-corrected chi connectivity index (χ2v) is 7.74. The lowest BCUT2D eigenvalue weighted by Crippen LogP contribution is -2.06. The monoisotopic (exact) mass is 404 g/mol. The molecule has 2 N–H and O–H groups in total. The molecule has 0 spiro atoms. The van der Waals surface area contributed by atoms with E-state index >= 15 is 0 Å². The molecule has 0 aliphatic carbocycles. The van der Waals surface area contributed by atoms with E-state index in [-0.39, 0.29) is 11.7 Å². The minimum Gasteiger partial charge on any atom is -0.497 e. The summed E-state index contributed by atoms with van der Waals surface area (Å²) >= 11 is 1.45. The predicted molar refractivity (Wildman–Crippen MR) is 117 cm³/mol. The number of halogens is 1. The van der Waals surface area contributed by atoms with Crippen LogP contribution in [0.3, 0.4) is 0 Å². The van der Waals surface area contributed by atoms with E-state index in [0.29, 0.717) is 5.13 Å². The second-order valence-electron chi connectivity index (χ2n) is 6.85. The average Bonchev–Trinajstić information content (AvgIpc) is 3.18.